The average Bonchev–Trinajstić information content (AvgIpc) is 2.37. The van der Waals surface area contributed by atoms with E-state index >= 15 is 0 Å². The van der Waals surface area contributed by atoms with Crippen molar-refractivity contribution in [2.45, 2.75) is 13.0 Å². The zero-order chi connectivity index (χ0) is 14.4. The number of aromatic carboxylic acids is 1. The minimum atomic E-state index is -1.08. The largest absolute Gasteiger partial charge is 0.479 e. The van der Waals surface area contributed by atoms with Crippen molar-refractivity contribution >= 4 is 23.5 Å². The maximum atomic E-state index is 11.6. The van der Waals surface area contributed by atoms with Crippen LogP contribution in [0.3, 0.4) is 0 Å². The third kappa shape index (κ3) is 4.30. The maximum Gasteiger partial charge on any atom is 0.335 e. The summed E-state index contributed by atoms with van der Waals surface area (Å²) in [6, 6.07) is 4.05. The van der Waals surface area contributed by atoms with Crippen molar-refractivity contribution in [3.63, 3.8) is 0 Å². The molecule has 0 saturated heterocycles. The van der Waals surface area contributed by atoms with Crippen molar-refractivity contribution in [2.24, 2.45) is 0 Å². The molecular weight excluding hydrogens is 270 g/mol. The fraction of sp³-hybridized carbons (Fsp3) is 0.231. The molecule has 19 heavy (non-hydrogen) atoms. The molecule has 0 bridgehead atoms. The van der Waals surface area contributed by atoms with Crippen LogP contribution in [0.4, 0.5) is 0 Å². The summed E-state index contributed by atoms with van der Waals surface area (Å²) in [6.45, 7) is 5.40. The summed E-state index contributed by atoms with van der Waals surface area (Å²) in [5, 5.41) is 11.5. The molecule has 0 saturated carbocycles. The molecule has 1 atom stereocenters. The van der Waals surface area contributed by atoms with Crippen LogP contribution < -0.4 is 10.1 Å². The van der Waals surface area contributed by atoms with Crippen molar-refractivity contribution in [2.75, 3.05) is 6.54 Å². The van der Waals surface area contributed by atoms with Crippen molar-refractivity contribution < 1.29 is 19.4 Å². The van der Waals surface area contributed by atoms with Gasteiger partial charge in [-0.3, -0.25) is 4.79 Å². The number of carbonyl (C=O) groups is 2. The predicted octanol–water partition coefficient (Wildman–Crippen LogP) is 2.11. The molecule has 0 spiro atoms. The molecule has 1 rings (SSSR count). The van der Waals surface area contributed by atoms with Gasteiger partial charge in [0.25, 0.3) is 5.91 Å². The van der Waals surface area contributed by atoms with E-state index in [4.69, 9.17) is 21.4 Å². The summed E-state index contributed by atoms with van der Waals surface area (Å²) in [6.07, 6.45) is 0.812. The first-order valence-corrected chi connectivity index (χ1v) is 5.91. The number of halogens is 1. The van der Waals surface area contributed by atoms with Crippen LogP contribution in [0.5, 0.6) is 5.75 Å². The standard InChI is InChI=1S/C13H14ClNO4/c1-3-6-15-12(16)8(2)19-11-5-4-9(13(17)18)7-10(11)14/h3-5,7-8H,1,6H2,2H3,(H,15,16)(H,17,18). The number of carbonyl (C=O) groups excluding carboxylic acids is 1. The Kier molecular flexibility index (Phi) is 5.38. The lowest BCUT2D eigenvalue weighted by molar-refractivity contribution is -0.127. The minimum absolute atomic E-state index is 0.0566. The van der Waals surface area contributed by atoms with Crippen LogP contribution in [0.2, 0.25) is 5.02 Å². The second-order valence-corrected chi connectivity index (χ2v) is 4.15. The predicted molar refractivity (Wildman–Crippen MR) is 71.7 cm³/mol. The average molecular weight is 284 g/mol. The van der Waals surface area contributed by atoms with Crippen LogP contribution in [0.25, 0.3) is 0 Å². The van der Waals surface area contributed by atoms with Gasteiger partial charge in [0.2, 0.25) is 0 Å². The van der Waals surface area contributed by atoms with Crippen molar-refractivity contribution in [3.8, 4) is 5.75 Å². The van der Waals surface area contributed by atoms with Gasteiger partial charge in [0.05, 0.1) is 10.6 Å². The molecule has 102 valence electrons. The Morgan fingerprint density at radius 1 is 1.58 bits per heavy atom. The summed E-state index contributed by atoms with van der Waals surface area (Å²) >= 11 is 5.89. The molecule has 0 radical (unpaired) electrons. The molecule has 5 nitrogen and oxygen atoms in total. The number of ether oxygens (including phenoxy) is 1. The molecule has 0 aliphatic carbocycles. The van der Waals surface area contributed by atoms with Crippen molar-refractivity contribution in [3.05, 3.63) is 41.4 Å². The summed E-state index contributed by atoms with van der Waals surface area (Å²) < 4.78 is 5.37. The third-order valence-electron chi connectivity index (χ3n) is 2.27. The van der Waals surface area contributed by atoms with Gasteiger partial charge in [0, 0.05) is 6.54 Å². The lowest BCUT2D eigenvalue weighted by Gasteiger charge is -2.15. The van der Waals surface area contributed by atoms with E-state index in [0.717, 1.165) is 0 Å². The van der Waals surface area contributed by atoms with Gasteiger partial charge < -0.3 is 15.2 Å². The number of amides is 1. The monoisotopic (exact) mass is 283 g/mol. The van der Waals surface area contributed by atoms with Gasteiger partial charge in [-0.1, -0.05) is 17.7 Å². The second kappa shape index (κ2) is 6.80. The van der Waals surface area contributed by atoms with Crippen LogP contribution in [0.15, 0.2) is 30.9 Å². The van der Waals surface area contributed by atoms with Gasteiger partial charge in [-0.15, -0.1) is 6.58 Å². The van der Waals surface area contributed by atoms with Crippen LogP contribution in [0, 0.1) is 0 Å². The van der Waals surface area contributed by atoms with E-state index in [9.17, 15) is 9.59 Å². The van der Waals surface area contributed by atoms with E-state index in [1.165, 1.54) is 18.2 Å². The molecule has 0 aromatic heterocycles. The zero-order valence-electron chi connectivity index (χ0n) is 10.4. The number of hydrogen-bond donors (Lipinski definition) is 2. The van der Waals surface area contributed by atoms with Gasteiger partial charge in [0.15, 0.2) is 6.10 Å². The fourth-order valence-corrected chi connectivity index (χ4v) is 1.51. The zero-order valence-corrected chi connectivity index (χ0v) is 11.1. The van der Waals surface area contributed by atoms with Gasteiger partial charge in [-0.05, 0) is 25.1 Å². The number of rotatable bonds is 6. The Balaban J connectivity index is 2.74. The Morgan fingerprint density at radius 2 is 2.26 bits per heavy atom. The number of carboxylic acid groups (broad SMARTS) is 1. The molecule has 2 N–H and O–H groups in total. The van der Waals surface area contributed by atoms with Crippen LogP contribution in [0.1, 0.15) is 17.3 Å². The van der Waals surface area contributed by atoms with E-state index in [0.29, 0.717) is 6.54 Å². The van der Waals surface area contributed by atoms with Crippen molar-refractivity contribution in [1.29, 1.82) is 0 Å². The molecule has 1 aromatic rings. The third-order valence-corrected chi connectivity index (χ3v) is 2.57. The first-order valence-electron chi connectivity index (χ1n) is 5.53. The molecule has 1 aromatic carbocycles. The minimum Gasteiger partial charge on any atom is -0.479 e. The molecule has 0 heterocycles. The Labute approximate surface area is 115 Å². The molecule has 0 fully saturated rings. The fourth-order valence-electron chi connectivity index (χ4n) is 1.29. The SMILES string of the molecule is C=CCNC(=O)C(C)Oc1ccc(C(=O)O)cc1Cl. The molecule has 1 unspecified atom stereocenters. The molecule has 0 aliphatic rings. The van der Waals surface area contributed by atoms with Gasteiger partial charge in [0.1, 0.15) is 5.75 Å². The van der Waals surface area contributed by atoms with E-state index in [1.54, 1.807) is 13.0 Å². The maximum absolute atomic E-state index is 11.6. The highest BCUT2D eigenvalue weighted by molar-refractivity contribution is 6.32. The number of benzene rings is 1. The van der Waals surface area contributed by atoms with Crippen LogP contribution in [-0.4, -0.2) is 29.6 Å². The number of hydrogen-bond acceptors (Lipinski definition) is 3. The summed E-state index contributed by atoms with van der Waals surface area (Å²) in [7, 11) is 0. The summed E-state index contributed by atoms with van der Waals surface area (Å²) in [4.78, 5) is 22.3. The Bertz CT molecular complexity index is 501. The highest BCUT2D eigenvalue weighted by Gasteiger charge is 2.16. The normalized spacial score (nSPS) is 11.5. The molecule has 6 heteroatoms. The van der Waals surface area contributed by atoms with E-state index in [2.05, 4.69) is 11.9 Å². The van der Waals surface area contributed by atoms with Crippen LogP contribution in [-0.2, 0) is 4.79 Å². The smallest absolute Gasteiger partial charge is 0.335 e. The van der Waals surface area contributed by atoms with Crippen molar-refractivity contribution in [1.82, 2.24) is 5.32 Å². The molecular formula is C13H14ClNO4. The molecule has 0 aliphatic heterocycles. The van der Waals surface area contributed by atoms with Gasteiger partial charge in [-0.2, -0.15) is 0 Å². The number of carboxylic acids is 1. The van der Waals surface area contributed by atoms with Crippen LogP contribution >= 0.6 is 11.6 Å². The summed E-state index contributed by atoms with van der Waals surface area (Å²) in [5.74, 6) is -1.13. The van der Waals surface area contributed by atoms with E-state index < -0.39 is 12.1 Å². The Hall–Kier alpha value is -2.01. The highest BCUT2D eigenvalue weighted by Crippen LogP contribution is 2.26. The quantitative estimate of drug-likeness (QED) is 0.784. The van der Waals surface area contributed by atoms with E-state index in [-0.39, 0.29) is 22.2 Å². The highest BCUT2D eigenvalue weighted by atomic mass is 35.5. The van der Waals surface area contributed by atoms with Gasteiger partial charge >= 0.3 is 5.97 Å². The van der Waals surface area contributed by atoms with E-state index in [1.807, 2.05) is 0 Å². The lowest BCUT2D eigenvalue weighted by atomic mass is 10.2. The Morgan fingerprint density at radius 3 is 2.79 bits per heavy atom. The first-order chi connectivity index (χ1) is 8.95. The first kappa shape index (κ1) is 15.0. The summed E-state index contributed by atoms with van der Waals surface area (Å²) in [5.41, 5.74) is 0.0566. The topological polar surface area (TPSA) is 75.6 Å². The lowest BCUT2D eigenvalue weighted by Crippen LogP contribution is -2.36. The molecule has 1 amide bonds. The number of nitrogens with one attached hydrogen (secondary N) is 1. The van der Waals surface area contributed by atoms with Gasteiger partial charge in [-0.25, -0.2) is 4.79 Å². The second-order valence-electron chi connectivity index (χ2n) is 3.74.